The minimum Gasteiger partial charge on any atom is -0.428 e. The number of hydrogen-bond donors (Lipinski definition) is 0. The first-order valence-corrected chi connectivity index (χ1v) is 10.9. The van der Waals surface area contributed by atoms with Gasteiger partial charge in [0, 0.05) is 33.2 Å². The summed E-state index contributed by atoms with van der Waals surface area (Å²) in [6, 6.07) is 7.06. The predicted octanol–water partition coefficient (Wildman–Crippen LogP) is 3.61. The number of carbonyl (C=O) groups is 4. The quantitative estimate of drug-likeness (QED) is 0.353. The summed E-state index contributed by atoms with van der Waals surface area (Å²) in [4.78, 5) is 52.5. The molecule has 0 amide bonds. The molecule has 0 fully saturated rings. The Morgan fingerprint density at radius 2 is 1.50 bits per heavy atom. The molecule has 0 saturated carbocycles. The van der Waals surface area contributed by atoms with Crippen LogP contribution in [0.15, 0.2) is 49.8 Å². The number of hydrogen-bond acceptors (Lipinski definition) is 10. The maximum atomic E-state index is 11.9. The third-order valence-electron chi connectivity index (χ3n) is 4.34. The standard InChI is InChI=1S/C14H17NO4.C12H13NO4/c1-5-12-6-7-15-13(8-12)9(2)14(17)19-11(4)18-10(3)16;1-3-10-4-5-13-11(6-10)7-12(15)17-8-16-9(2)14/h5-9,11H,1H2,2-4H3;3-6H,1,7-8H2,2H3. The molecule has 192 valence electrons. The van der Waals surface area contributed by atoms with E-state index in [1.807, 2.05) is 0 Å². The lowest BCUT2D eigenvalue weighted by Crippen LogP contribution is -2.23. The number of pyridine rings is 2. The molecule has 2 unspecified atom stereocenters. The number of esters is 4. The molecule has 36 heavy (non-hydrogen) atoms. The smallest absolute Gasteiger partial charge is 0.317 e. The molecule has 2 aromatic heterocycles. The number of rotatable bonds is 10. The van der Waals surface area contributed by atoms with Gasteiger partial charge in [0.1, 0.15) is 0 Å². The molecule has 2 heterocycles. The highest BCUT2D eigenvalue weighted by atomic mass is 16.7. The molecule has 2 aromatic rings. The second-order valence-electron chi connectivity index (χ2n) is 7.29. The van der Waals surface area contributed by atoms with Crippen molar-refractivity contribution in [1.29, 1.82) is 0 Å². The molecule has 0 N–H and O–H groups in total. The van der Waals surface area contributed by atoms with Gasteiger partial charge in [0.25, 0.3) is 0 Å². The molecule has 2 rings (SSSR count). The number of ether oxygens (including phenoxy) is 4. The average Bonchev–Trinajstić information content (AvgIpc) is 2.83. The van der Waals surface area contributed by atoms with Crippen LogP contribution in [-0.2, 0) is 44.5 Å². The Labute approximate surface area is 209 Å². The molecule has 0 spiro atoms. The van der Waals surface area contributed by atoms with E-state index in [1.165, 1.54) is 20.8 Å². The van der Waals surface area contributed by atoms with Gasteiger partial charge in [-0.1, -0.05) is 25.3 Å². The zero-order chi connectivity index (χ0) is 27.1. The van der Waals surface area contributed by atoms with E-state index in [4.69, 9.17) is 9.47 Å². The van der Waals surface area contributed by atoms with Crippen molar-refractivity contribution < 1.29 is 38.1 Å². The van der Waals surface area contributed by atoms with Crippen LogP contribution in [0, 0.1) is 0 Å². The van der Waals surface area contributed by atoms with Gasteiger partial charge in [0.2, 0.25) is 13.1 Å². The fourth-order valence-corrected chi connectivity index (χ4v) is 2.57. The Hall–Kier alpha value is -4.34. The van der Waals surface area contributed by atoms with Gasteiger partial charge >= 0.3 is 23.9 Å². The van der Waals surface area contributed by atoms with E-state index < -0.39 is 36.1 Å². The van der Waals surface area contributed by atoms with Crippen LogP contribution in [0.25, 0.3) is 12.2 Å². The summed E-state index contributed by atoms with van der Waals surface area (Å²) >= 11 is 0. The molecule has 0 bridgehead atoms. The van der Waals surface area contributed by atoms with Gasteiger partial charge in [0.05, 0.1) is 23.7 Å². The highest BCUT2D eigenvalue weighted by Crippen LogP contribution is 2.17. The first-order valence-electron chi connectivity index (χ1n) is 10.9. The number of carbonyl (C=O) groups excluding carboxylic acids is 4. The fourth-order valence-electron chi connectivity index (χ4n) is 2.57. The van der Waals surface area contributed by atoms with Crippen molar-refractivity contribution in [1.82, 2.24) is 9.97 Å². The van der Waals surface area contributed by atoms with Crippen LogP contribution in [-0.4, -0.2) is 46.9 Å². The van der Waals surface area contributed by atoms with Crippen LogP contribution in [0.1, 0.15) is 56.1 Å². The topological polar surface area (TPSA) is 131 Å². The van der Waals surface area contributed by atoms with Gasteiger partial charge in [0.15, 0.2) is 0 Å². The van der Waals surface area contributed by atoms with Crippen LogP contribution < -0.4 is 0 Å². The predicted molar refractivity (Wildman–Crippen MR) is 131 cm³/mol. The summed E-state index contributed by atoms with van der Waals surface area (Å²) in [5.74, 6) is -2.54. The Bertz CT molecular complexity index is 1080. The van der Waals surface area contributed by atoms with Gasteiger partial charge < -0.3 is 18.9 Å². The molecular weight excluding hydrogens is 468 g/mol. The lowest BCUT2D eigenvalue weighted by molar-refractivity contribution is -0.184. The monoisotopic (exact) mass is 498 g/mol. The van der Waals surface area contributed by atoms with Gasteiger partial charge in [-0.05, 0) is 42.3 Å². The third kappa shape index (κ3) is 11.7. The Morgan fingerprint density at radius 3 is 2.08 bits per heavy atom. The summed E-state index contributed by atoms with van der Waals surface area (Å²) in [5.41, 5.74) is 2.91. The summed E-state index contributed by atoms with van der Waals surface area (Å²) in [7, 11) is 0. The van der Waals surface area contributed by atoms with Crippen LogP contribution >= 0.6 is 0 Å². The van der Waals surface area contributed by atoms with E-state index in [1.54, 1.807) is 55.7 Å². The van der Waals surface area contributed by atoms with E-state index in [0.29, 0.717) is 11.4 Å². The highest BCUT2D eigenvalue weighted by molar-refractivity contribution is 5.77. The second-order valence-corrected chi connectivity index (χ2v) is 7.29. The minimum absolute atomic E-state index is 0.0307. The van der Waals surface area contributed by atoms with E-state index >= 15 is 0 Å². The van der Waals surface area contributed by atoms with Gasteiger partial charge in [-0.3, -0.25) is 29.1 Å². The molecule has 0 saturated heterocycles. The van der Waals surface area contributed by atoms with Gasteiger partial charge in [-0.2, -0.15) is 0 Å². The Balaban J connectivity index is 0.000000362. The van der Waals surface area contributed by atoms with E-state index in [0.717, 1.165) is 11.1 Å². The van der Waals surface area contributed by atoms with Crippen LogP contribution in [0.4, 0.5) is 0 Å². The SMILES string of the molecule is C=Cc1ccnc(C(C)C(=O)OC(C)OC(C)=O)c1.C=Cc1ccnc(CC(=O)OCOC(C)=O)c1. The third-order valence-corrected chi connectivity index (χ3v) is 4.34. The summed E-state index contributed by atoms with van der Waals surface area (Å²) in [5, 5.41) is 0. The second kappa shape index (κ2) is 15.5. The van der Waals surface area contributed by atoms with Crippen molar-refractivity contribution in [2.24, 2.45) is 0 Å². The maximum Gasteiger partial charge on any atom is 0.317 e. The molecule has 0 radical (unpaired) electrons. The van der Waals surface area contributed by atoms with Crippen molar-refractivity contribution in [3.05, 3.63) is 72.3 Å². The molecule has 0 aromatic carbocycles. The largest absolute Gasteiger partial charge is 0.428 e. The highest BCUT2D eigenvalue weighted by Gasteiger charge is 2.21. The zero-order valence-corrected chi connectivity index (χ0v) is 20.8. The van der Waals surface area contributed by atoms with E-state index in [2.05, 4.69) is 32.6 Å². The van der Waals surface area contributed by atoms with Crippen molar-refractivity contribution in [3.8, 4) is 0 Å². The van der Waals surface area contributed by atoms with Gasteiger partial charge in [-0.15, -0.1) is 0 Å². The lowest BCUT2D eigenvalue weighted by atomic mass is 10.1. The Morgan fingerprint density at radius 1 is 0.889 bits per heavy atom. The zero-order valence-electron chi connectivity index (χ0n) is 20.8. The van der Waals surface area contributed by atoms with Crippen molar-refractivity contribution in [3.63, 3.8) is 0 Å². The molecule has 2 atom stereocenters. The molecule has 0 aliphatic carbocycles. The lowest BCUT2D eigenvalue weighted by Gasteiger charge is -2.16. The number of nitrogens with zero attached hydrogens (tertiary/aromatic N) is 2. The van der Waals surface area contributed by atoms with Crippen LogP contribution in [0.5, 0.6) is 0 Å². The molecule has 10 nitrogen and oxygen atoms in total. The number of aromatic nitrogens is 2. The van der Waals surface area contributed by atoms with Crippen LogP contribution in [0.3, 0.4) is 0 Å². The fraction of sp³-hybridized carbons (Fsp3) is 0.308. The van der Waals surface area contributed by atoms with Crippen LogP contribution in [0.2, 0.25) is 0 Å². The average molecular weight is 499 g/mol. The van der Waals surface area contributed by atoms with E-state index in [-0.39, 0.29) is 13.2 Å². The van der Waals surface area contributed by atoms with Gasteiger partial charge in [-0.25, -0.2) is 0 Å². The van der Waals surface area contributed by atoms with Crippen molar-refractivity contribution >= 4 is 36.0 Å². The minimum atomic E-state index is -0.907. The summed E-state index contributed by atoms with van der Waals surface area (Å²) < 4.78 is 18.9. The molecule has 0 aliphatic rings. The maximum absolute atomic E-state index is 11.9. The molecule has 10 heteroatoms. The summed E-state index contributed by atoms with van der Waals surface area (Å²) in [6.07, 6.45) is 5.65. The normalized spacial score (nSPS) is 11.4. The van der Waals surface area contributed by atoms with Crippen molar-refractivity contribution in [2.75, 3.05) is 6.79 Å². The molecular formula is C26H30N2O8. The van der Waals surface area contributed by atoms with Crippen molar-refractivity contribution in [2.45, 2.75) is 46.3 Å². The van der Waals surface area contributed by atoms with E-state index in [9.17, 15) is 19.2 Å². The first-order chi connectivity index (χ1) is 17.0. The first kappa shape index (κ1) is 29.7. The summed E-state index contributed by atoms with van der Waals surface area (Å²) in [6.45, 7) is 12.6. The Kier molecular flexibility index (Phi) is 12.8. The molecule has 0 aliphatic heterocycles.